The van der Waals surface area contributed by atoms with Gasteiger partial charge < -0.3 is 15.0 Å². The van der Waals surface area contributed by atoms with Gasteiger partial charge in [-0.05, 0) is 49.7 Å². The fourth-order valence-corrected chi connectivity index (χ4v) is 3.88. The number of carbonyl (C=O) groups excluding carboxylic acids is 1. The van der Waals surface area contributed by atoms with E-state index in [9.17, 15) is 4.79 Å². The molecule has 1 aromatic heterocycles. The standard InChI is InChI=1S/C26H28N6O2/c1-19(2)34-25-8-7-22(15-23(25)30-26(33)24-17-28-9-10-29-24)32-13-11-31(12-14-32)18-21-5-3-20(16-27)4-6-21/h3-10,15,17,19H,11-14,18H2,1-2H3,(H,30,33). The molecule has 4 rings (SSSR count). The average Bonchev–Trinajstić information content (AvgIpc) is 2.86. The summed E-state index contributed by atoms with van der Waals surface area (Å²) < 4.78 is 5.93. The number of ether oxygens (including phenoxy) is 1. The zero-order chi connectivity index (χ0) is 23.9. The molecule has 0 radical (unpaired) electrons. The van der Waals surface area contributed by atoms with Crippen molar-refractivity contribution in [1.82, 2.24) is 14.9 Å². The van der Waals surface area contributed by atoms with Crippen LogP contribution in [0.5, 0.6) is 5.75 Å². The second kappa shape index (κ2) is 10.8. The van der Waals surface area contributed by atoms with Crippen LogP contribution in [-0.4, -0.2) is 53.1 Å². The topological polar surface area (TPSA) is 94.4 Å². The number of nitrogens with one attached hydrogen (secondary N) is 1. The van der Waals surface area contributed by atoms with E-state index in [4.69, 9.17) is 10.00 Å². The van der Waals surface area contributed by atoms with Gasteiger partial charge in [0.25, 0.3) is 5.91 Å². The van der Waals surface area contributed by atoms with Crippen molar-refractivity contribution in [3.05, 3.63) is 77.9 Å². The molecule has 0 saturated carbocycles. The Morgan fingerprint density at radius 3 is 2.53 bits per heavy atom. The summed E-state index contributed by atoms with van der Waals surface area (Å²) >= 11 is 0. The van der Waals surface area contributed by atoms with Gasteiger partial charge in [-0.15, -0.1) is 0 Å². The molecule has 174 valence electrons. The van der Waals surface area contributed by atoms with Crippen LogP contribution in [0.15, 0.2) is 61.1 Å². The highest BCUT2D eigenvalue weighted by Crippen LogP contribution is 2.31. The van der Waals surface area contributed by atoms with Crippen molar-refractivity contribution in [3.8, 4) is 11.8 Å². The number of aromatic nitrogens is 2. The van der Waals surface area contributed by atoms with Gasteiger partial charge in [-0.1, -0.05) is 12.1 Å². The van der Waals surface area contributed by atoms with E-state index < -0.39 is 0 Å². The van der Waals surface area contributed by atoms with Gasteiger partial charge in [0, 0.05) is 50.8 Å². The van der Waals surface area contributed by atoms with E-state index in [0.29, 0.717) is 17.0 Å². The molecular weight excluding hydrogens is 428 g/mol. The van der Waals surface area contributed by atoms with Gasteiger partial charge in [0.2, 0.25) is 0 Å². The van der Waals surface area contributed by atoms with Crippen LogP contribution in [0.3, 0.4) is 0 Å². The molecule has 8 heteroatoms. The number of anilines is 2. The third-order valence-electron chi connectivity index (χ3n) is 5.60. The van der Waals surface area contributed by atoms with Crippen LogP contribution < -0.4 is 15.0 Å². The van der Waals surface area contributed by atoms with Crippen LogP contribution in [0, 0.1) is 11.3 Å². The quantitative estimate of drug-likeness (QED) is 0.579. The minimum absolute atomic E-state index is 0.0243. The Morgan fingerprint density at radius 2 is 1.88 bits per heavy atom. The predicted octanol–water partition coefficient (Wildman–Crippen LogP) is 3.71. The van der Waals surface area contributed by atoms with Crippen molar-refractivity contribution >= 4 is 17.3 Å². The van der Waals surface area contributed by atoms with Crippen LogP contribution in [-0.2, 0) is 6.54 Å². The Bertz CT molecular complexity index is 1150. The van der Waals surface area contributed by atoms with Crippen LogP contribution in [0.1, 0.15) is 35.5 Å². The Labute approximate surface area is 199 Å². The minimum Gasteiger partial charge on any atom is -0.489 e. The van der Waals surface area contributed by atoms with Gasteiger partial charge >= 0.3 is 0 Å². The summed E-state index contributed by atoms with van der Waals surface area (Å²) in [4.78, 5) is 25.5. The second-order valence-corrected chi connectivity index (χ2v) is 8.46. The van der Waals surface area contributed by atoms with Crippen molar-refractivity contribution in [3.63, 3.8) is 0 Å². The number of hydrogen-bond acceptors (Lipinski definition) is 7. The van der Waals surface area contributed by atoms with Crippen LogP contribution in [0.25, 0.3) is 0 Å². The molecule has 0 unspecified atom stereocenters. The molecule has 8 nitrogen and oxygen atoms in total. The summed E-state index contributed by atoms with van der Waals surface area (Å²) in [6.07, 6.45) is 4.44. The number of carbonyl (C=O) groups is 1. The first-order chi connectivity index (χ1) is 16.5. The third kappa shape index (κ3) is 5.88. The zero-order valence-electron chi connectivity index (χ0n) is 19.4. The van der Waals surface area contributed by atoms with Crippen molar-refractivity contribution in [2.45, 2.75) is 26.5 Å². The zero-order valence-corrected chi connectivity index (χ0v) is 19.4. The Kier molecular flexibility index (Phi) is 7.35. The number of nitrogens with zero attached hydrogens (tertiary/aromatic N) is 5. The number of hydrogen-bond donors (Lipinski definition) is 1. The average molecular weight is 457 g/mol. The molecule has 34 heavy (non-hydrogen) atoms. The molecule has 1 fully saturated rings. The number of amides is 1. The summed E-state index contributed by atoms with van der Waals surface area (Å²) in [7, 11) is 0. The van der Waals surface area contributed by atoms with E-state index in [1.165, 1.54) is 24.2 Å². The SMILES string of the molecule is CC(C)Oc1ccc(N2CCN(Cc3ccc(C#N)cc3)CC2)cc1NC(=O)c1cnccn1. The molecule has 1 aliphatic heterocycles. The maximum atomic E-state index is 12.7. The molecule has 2 heterocycles. The maximum absolute atomic E-state index is 12.7. The van der Waals surface area contributed by atoms with Crippen molar-refractivity contribution in [2.75, 3.05) is 36.4 Å². The predicted molar refractivity (Wildman–Crippen MR) is 131 cm³/mol. The van der Waals surface area contributed by atoms with Crippen molar-refractivity contribution in [1.29, 1.82) is 5.26 Å². The van der Waals surface area contributed by atoms with E-state index >= 15 is 0 Å². The van der Waals surface area contributed by atoms with Crippen molar-refractivity contribution < 1.29 is 9.53 Å². The fourth-order valence-electron chi connectivity index (χ4n) is 3.88. The maximum Gasteiger partial charge on any atom is 0.275 e. The Balaban J connectivity index is 1.43. The molecule has 3 aromatic rings. The van der Waals surface area contributed by atoms with E-state index in [1.54, 1.807) is 0 Å². The number of benzene rings is 2. The summed E-state index contributed by atoms with van der Waals surface area (Å²) in [5, 5.41) is 11.9. The van der Waals surface area contributed by atoms with Gasteiger partial charge in [-0.2, -0.15) is 5.26 Å². The highest BCUT2D eigenvalue weighted by Gasteiger charge is 2.20. The number of piperazine rings is 1. The molecular formula is C26H28N6O2. The molecule has 1 N–H and O–H groups in total. The monoisotopic (exact) mass is 456 g/mol. The smallest absolute Gasteiger partial charge is 0.275 e. The molecule has 0 spiro atoms. The normalized spacial score (nSPS) is 14.0. The molecule has 1 aliphatic rings. The second-order valence-electron chi connectivity index (χ2n) is 8.46. The summed E-state index contributed by atoms with van der Waals surface area (Å²) in [6, 6.07) is 15.8. The summed E-state index contributed by atoms with van der Waals surface area (Å²) in [5.74, 6) is 0.293. The van der Waals surface area contributed by atoms with Crippen molar-refractivity contribution in [2.24, 2.45) is 0 Å². The van der Waals surface area contributed by atoms with Gasteiger partial charge in [0.15, 0.2) is 0 Å². The van der Waals surface area contributed by atoms with Crippen LogP contribution >= 0.6 is 0 Å². The lowest BCUT2D eigenvalue weighted by Gasteiger charge is -2.36. The first kappa shape index (κ1) is 23.2. The Hall–Kier alpha value is -3.96. The highest BCUT2D eigenvalue weighted by atomic mass is 16.5. The first-order valence-electron chi connectivity index (χ1n) is 11.4. The molecule has 1 saturated heterocycles. The minimum atomic E-state index is -0.328. The summed E-state index contributed by atoms with van der Waals surface area (Å²) in [5.41, 5.74) is 3.78. The van der Waals surface area contributed by atoms with Crippen LogP contribution in [0.2, 0.25) is 0 Å². The van der Waals surface area contributed by atoms with Gasteiger partial charge in [0.05, 0.1) is 29.6 Å². The number of rotatable bonds is 7. The lowest BCUT2D eigenvalue weighted by Crippen LogP contribution is -2.46. The molecule has 1 amide bonds. The van der Waals surface area contributed by atoms with Crippen LogP contribution in [0.4, 0.5) is 11.4 Å². The van der Waals surface area contributed by atoms with Gasteiger partial charge in [-0.25, -0.2) is 4.98 Å². The van der Waals surface area contributed by atoms with E-state index in [1.807, 2.05) is 56.3 Å². The third-order valence-corrected chi connectivity index (χ3v) is 5.60. The Morgan fingerprint density at radius 1 is 1.12 bits per heavy atom. The number of nitriles is 1. The first-order valence-corrected chi connectivity index (χ1v) is 11.4. The van der Waals surface area contributed by atoms with Gasteiger partial charge in [0.1, 0.15) is 11.4 Å². The highest BCUT2D eigenvalue weighted by molar-refractivity contribution is 6.03. The van der Waals surface area contributed by atoms with E-state index in [0.717, 1.165) is 38.4 Å². The van der Waals surface area contributed by atoms with E-state index in [-0.39, 0.29) is 17.7 Å². The van der Waals surface area contributed by atoms with Gasteiger partial charge in [-0.3, -0.25) is 14.7 Å². The fraction of sp³-hybridized carbons (Fsp3) is 0.308. The van der Waals surface area contributed by atoms with E-state index in [2.05, 4.69) is 31.2 Å². The molecule has 0 atom stereocenters. The summed E-state index contributed by atoms with van der Waals surface area (Å²) in [6.45, 7) is 8.36. The lowest BCUT2D eigenvalue weighted by atomic mass is 10.1. The molecule has 0 aliphatic carbocycles. The lowest BCUT2D eigenvalue weighted by molar-refractivity contribution is 0.102. The largest absolute Gasteiger partial charge is 0.489 e. The molecule has 0 bridgehead atoms. The molecule has 2 aromatic carbocycles.